The number of nitrogens with two attached hydrogens (primary N) is 1. The number of likely N-dealkylation sites (tertiary alicyclic amines) is 1. The Morgan fingerprint density at radius 2 is 1.74 bits per heavy atom. The van der Waals surface area contributed by atoms with Crippen molar-refractivity contribution in [2.75, 3.05) is 46.3 Å². The van der Waals surface area contributed by atoms with Crippen LogP contribution < -0.4 is 11.3 Å². The van der Waals surface area contributed by atoms with Crippen LogP contribution in [0.15, 0.2) is 12.4 Å². The van der Waals surface area contributed by atoms with Crippen LogP contribution >= 0.6 is 0 Å². The van der Waals surface area contributed by atoms with Gasteiger partial charge in [0.2, 0.25) is 0 Å². The Kier molecular flexibility index (Phi) is 4.51. The molecule has 23 heavy (non-hydrogen) atoms. The lowest BCUT2D eigenvalue weighted by Gasteiger charge is -2.47. The van der Waals surface area contributed by atoms with E-state index in [0.29, 0.717) is 6.04 Å². The molecule has 0 aliphatic carbocycles. The molecule has 0 atom stereocenters. The van der Waals surface area contributed by atoms with E-state index in [1.165, 1.54) is 12.4 Å². The van der Waals surface area contributed by atoms with E-state index in [0.717, 1.165) is 39.3 Å². The summed E-state index contributed by atoms with van der Waals surface area (Å²) in [7, 11) is 2.13. The van der Waals surface area contributed by atoms with Crippen molar-refractivity contribution >= 4 is 11.8 Å². The summed E-state index contributed by atoms with van der Waals surface area (Å²) >= 11 is 0. The molecule has 9 nitrogen and oxygen atoms in total. The van der Waals surface area contributed by atoms with Crippen molar-refractivity contribution in [1.82, 2.24) is 30.1 Å². The number of nitrogens with zero attached hydrogens (tertiary/aromatic N) is 5. The monoisotopic (exact) mass is 319 g/mol. The van der Waals surface area contributed by atoms with Crippen molar-refractivity contribution in [1.29, 1.82) is 0 Å². The number of carbonyl (C=O) groups is 2. The molecule has 0 unspecified atom stereocenters. The first-order valence-electron chi connectivity index (χ1n) is 7.63. The number of likely N-dealkylation sites (N-methyl/N-ethyl adjacent to an activating group) is 1. The molecule has 0 aromatic carbocycles. The van der Waals surface area contributed by atoms with Gasteiger partial charge in [0.05, 0.1) is 12.4 Å². The third-order valence-electron chi connectivity index (χ3n) is 4.44. The second kappa shape index (κ2) is 6.57. The molecule has 0 bridgehead atoms. The number of hydrogen-bond donors (Lipinski definition) is 2. The van der Waals surface area contributed by atoms with E-state index in [9.17, 15) is 9.59 Å². The molecule has 2 aliphatic heterocycles. The van der Waals surface area contributed by atoms with E-state index in [4.69, 9.17) is 5.84 Å². The number of piperazine rings is 1. The number of hydrazine groups is 1. The van der Waals surface area contributed by atoms with Crippen LogP contribution in [0, 0.1) is 0 Å². The highest BCUT2D eigenvalue weighted by Crippen LogP contribution is 2.18. The molecule has 9 heteroatoms. The van der Waals surface area contributed by atoms with Crippen LogP contribution in [-0.2, 0) is 0 Å². The van der Waals surface area contributed by atoms with Crippen LogP contribution in [0.1, 0.15) is 21.0 Å². The summed E-state index contributed by atoms with van der Waals surface area (Å²) < 4.78 is 0. The number of nitrogen functional groups attached to an aromatic ring is 1. The summed E-state index contributed by atoms with van der Waals surface area (Å²) in [5.74, 6) is 4.34. The molecule has 2 aliphatic rings. The minimum atomic E-state index is -0.532. The molecule has 124 valence electrons. The Labute approximate surface area is 134 Å². The third-order valence-corrected chi connectivity index (χ3v) is 4.44. The van der Waals surface area contributed by atoms with E-state index >= 15 is 0 Å². The molecule has 3 N–H and O–H groups in total. The standard InChI is InChI=1S/C14H21N7O2/c1-19-2-4-20(5-3-19)10-8-21(9-10)14(23)12-7-16-11(6-17-12)13(22)18-15/h6-7,10H,2-5,8-9,15H2,1H3,(H,18,22). The van der Waals surface area contributed by atoms with Gasteiger partial charge in [-0.15, -0.1) is 0 Å². The van der Waals surface area contributed by atoms with Crippen molar-refractivity contribution in [2.45, 2.75) is 6.04 Å². The predicted octanol–water partition coefficient (Wildman–Crippen LogP) is -1.85. The van der Waals surface area contributed by atoms with Gasteiger partial charge in [-0.1, -0.05) is 0 Å². The molecule has 1 aromatic heterocycles. The molecule has 3 rings (SSSR count). The van der Waals surface area contributed by atoms with Gasteiger partial charge >= 0.3 is 0 Å². The van der Waals surface area contributed by atoms with Crippen molar-refractivity contribution in [3.8, 4) is 0 Å². The molecule has 0 spiro atoms. The molecular weight excluding hydrogens is 298 g/mol. The van der Waals surface area contributed by atoms with Crippen molar-refractivity contribution in [3.63, 3.8) is 0 Å². The first-order valence-corrected chi connectivity index (χ1v) is 7.63. The number of amides is 2. The Morgan fingerprint density at radius 1 is 1.13 bits per heavy atom. The van der Waals surface area contributed by atoms with Gasteiger partial charge in [0.15, 0.2) is 0 Å². The van der Waals surface area contributed by atoms with Gasteiger partial charge in [0.25, 0.3) is 11.8 Å². The second-order valence-corrected chi connectivity index (χ2v) is 5.96. The lowest BCUT2D eigenvalue weighted by atomic mass is 10.1. The smallest absolute Gasteiger partial charge is 0.285 e. The number of nitrogens with one attached hydrogen (secondary N) is 1. The van der Waals surface area contributed by atoms with Crippen LogP contribution in [0.5, 0.6) is 0 Å². The van der Waals surface area contributed by atoms with E-state index < -0.39 is 5.91 Å². The first kappa shape index (κ1) is 15.8. The van der Waals surface area contributed by atoms with Crippen LogP contribution in [-0.4, -0.2) is 88.8 Å². The molecule has 0 saturated carbocycles. The fraction of sp³-hybridized carbons (Fsp3) is 0.571. The number of carbonyl (C=O) groups excluding carboxylic acids is 2. The van der Waals surface area contributed by atoms with E-state index in [1.54, 1.807) is 4.90 Å². The molecular formula is C14H21N7O2. The van der Waals surface area contributed by atoms with Gasteiger partial charge < -0.3 is 9.80 Å². The average Bonchev–Trinajstić information content (AvgIpc) is 2.54. The van der Waals surface area contributed by atoms with E-state index in [-0.39, 0.29) is 17.3 Å². The molecule has 2 saturated heterocycles. The molecule has 1 aromatic rings. The maximum Gasteiger partial charge on any atom is 0.285 e. The zero-order valence-electron chi connectivity index (χ0n) is 13.1. The fourth-order valence-corrected chi connectivity index (χ4v) is 2.83. The van der Waals surface area contributed by atoms with Gasteiger partial charge in [-0.3, -0.25) is 19.9 Å². The summed E-state index contributed by atoms with van der Waals surface area (Å²) in [4.78, 5) is 38.0. The summed E-state index contributed by atoms with van der Waals surface area (Å²) in [5.41, 5.74) is 2.31. The number of aromatic nitrogens is 2. The molecule has 3 heterocycles. The van der Waals surface area contributed by atoms with Gasteiger partial charge in [-0.25, -0.2) is 15.8 Å². The van der Waals surface area contributed by atoms with E-state index in [2.05, 4.69) is 26.8 Å². The SMILES string of the molecule is CN1CCN(C2CN(C(=O)c3cnc(C(=O)NN)cn3)C2)CC1. The maximum absolute atomic E-state index is 12.3. The van der Waals surface area contributed by atoms with Crippen LogP contribution in [0.4, 0.5) is 0 Å². The lowest BCUT2D eigenvalue weighted by molar-refractivity contribution is 0.0106. The third kappa shape index (κ3) is 3.31. The highest BCUT2D eigenvalue weighted by atomic mass is 16.2. The van der Waals surface area contributed by atoms with Gasteiger partial charge in [0.1, 0.15) is 11.4 Å². The zero-order valence-corrected chi connectivity index (χ0v) is 13.1. The van der Waals surface area contributed by atoms with Gasteiger partial charge in [0, 0.05) is 45.3 Å². The Bertz CT molecular complexity index is 577. The second-order valence-electron chi connectivity index (χ2n) is 5.96. The van der Waals surface area contributed by atoms with E-state index in [1.807, 2.05) is 5.43 Å². The normalized spacial score (nSPS) is 20.2. The predicted molar refractivity (Wildman–Crippen MR) is 82.4 cm³/mol. The summed E-state index contributed by atoms with van der Waals surface area (Å²) in [6.07, 6.45) is 2.57. The minimum absolute atomic E-state index is 0.0861. The zero-order chi connectivity index (χ0) is 16.4. The van der Waals surface area contributed by atoms with Crippen LogP contribution in [0.2, 0.25) is 0 Å². The van der Waals surface area contributed by atoms with Crippen molar-refractivity contribution in [3.05, 3.63) is 23.8 Å². The largest absolute Gasteiger partial charge is 0.334 e. The Morgan fingerprint density at radius 3 is 2.30 bits per heavy atom. The summed E-state index contributed by atoms with van der Waals surface area (Å²) in [5, 5.41) is 0. The van der Waals surface area contributed by atoms with Crippen LogP contribution in [0.25, 0.3) is 0 Å². The first-order chi connectivity index (χ1) is 11.1. The summed E-state index contributed by atoms with van der Waals surface area (Å²) in [6.45, 7) is 5.67. The maximum atomic E-state index is 12.3. The average molecular weight is 319 g/mol. The highest BCUT2D eigenvalue weighted by molar-refractivity contribution is 5.94. The highest BCUT2D eigenvalue weighted by Gasteiger charge is 2.36. The minimum Gasteiger partial charge on any atom is -0.334 e. The van der Waals surface area contributed by atoms with Gasteiger partial charge in [-0.2, -0.15) is 0 Å². The van der Waals surface area contributed by atoms with Crippen molar-refractivity contribution in [2.24, 2.45) is 5.84 Å². The number of hydrogen-bond acceptors (Lipinski definition) is 7. The van der Waals surface area contributed by atoms with Gasteiger partial charge in [-0.05, 0) is 7.05 Å². The molecule has 0 radical (unpaired) electrons. The quantitative estimate of drug-likeness (QED) is 0.382. The topological polar surface area (TPSA) is 108 Å². The van der Waals surface area contributed by atoms with Crippen molar-refractivity contribution < 1.29 is 9.59 Å². The molecule has 2 fully saturated rings. The fourth-order valence-electron chi connectivity index (χ4n) is 2.83. The Balaban J connectivity index is 1.53. The number of rotatable bonds is 3. The lowest BCUT2D eigenvalue weighted by Crippen LogP contribution is -2.64. The summed E-state index contributed by atoms with van der Waals surface area (Å²) in [6, 6.07) is 0.433. The van der Waals surface area contributed by atoms with Crippen LogP contribution in [0.3, 0.4) is 0 Å². The molecule has 2 amide bonds. The Hall–Kier alpha value is -2.10.